The van der Waals surface area contributed by atoms with E-state index in [2.05, 4.69) is 46.6 Å². The number of aryl methyl sites for hydroxylation is 1. The number of rotatable bonds is 5. The standard InChI is InChI=1S/C16H21N5S2.HI/c1-11(8-14-5-4-12(2)23-14)19-15(17-3)18-9-13-10-21-6-7-22-16(21)20-13;/h4-7,10-11H,8-9H2,1-3H3,(H2,17,18,19);1H. The van der Waals surface area contributed by atoms with E-state index in [0.29, 0.717) is 12.6 Å². The van der Waals surface area contributed by atoms with Gasteiger partial charge < -0.3 is 10.6 Å². The Labute approximate surface area is 167 Å². The van der Waals surface area contributed by atoms with E-state index in [4.69, 9.17) is 0 Å². The van der Waals surface area contributed by atoms with Crippen molar-refractivity contribution in [2.45, 2.75) is 32.9 Å². The van der Waals surface area contributed by atoms with Gasteiger partial charge in [0.15, 0.2) is 10.9 Å². The summed E-state index contributed by atoms with van der Waals surface area (Å²) in [6, 6.07) is 4.70. The van der Waals surface area contributed by atoms with Crippen LogP contribution in [-0.2, 0) is 13.0 Å². The van der Waals surface area contributed by atoms with Gasteiger partial charge in [-0.05, 0) is 26.0 Å². The fourth-order valence-electron chi connectivity index (χ4n) is 2.41. The van der Waals surface area contributed by atoms with E-state index in [-0.39, 0.29) is 24.0 Å². The van der Waals surface area contributed by atoms with Gasteiger partial charge in [-0.25, -0.2) is 4.98 Å². The SMILES string of the molecule is CN=C(NCc1cn2ccsc2n1)NC(C)Cc1ccc(C)s1.I. The van der Waals surface area contributed by atoms with Crippen molar-refractivity contribution in [3.05, 3.63) is 45.4 Å². The van der Waals surface area contributed by atoms with Crippen LogP contribution in [0.5, 0.6) is 0 Å². The van der Waals surface area contributed by atoms with E-state index in [9.17, 15) is 0 Å². The average Bonchev–Trinajstić information content (AvgIpc) is 3.19. The molecule has 3 rings (SSSR count). The van der Waals surface area contributed by atoms with Crippen LogP contribution in [0.1, 0.15) is 22.4 Å². The summed E-state index contributed by atoms with van der Waals surface area (Å²) in [7, 11) is 1.79. The second-order valence-corrected chi connectivity index (χ2v) is 7.76. The lowest BCUT2D eigenvalue weighted by Gasteiger charge is -2.17. The predicted molar refractivity (Wildman–Crippen MR) is 114 cm³/mol. The molecule has 0 saturated heterocycles. The second kappa shape index (κ2) is 8.82. The number of fused-ring (bicyclic) bond motifs is 1. The molecule has 0 aliphatic carbocycles. The van der Waals surface area contributed by atoms with Gasteiger partial charge in [0.2, 0.25) is 0 Å². The number of imidazole rings is 1. The normalized spacial score (nSPS) is 12.9. The van der Waals surface area contributed by atoms with Crippen molar-refractivity contribution in [1.29, 1.82) is 0 Å². The first-order valence-electron chi connectivity index (χ1n) is 7.57. The first-order valence-corrected chi connectivity index (χ1v) is 9.27. The van der Waals surface area contributed by atoms with Crippen molar-refractivity contribution >= 4 is 57.6 Å². The van der Waals surface area contributed by atoms with Crippen LogP contribution in [0, 0.1) is 6.92 Å². The van der Waals surface area contributed by atoms with Crippen LogP contribution >= 0.6 is 46.7 Å². The molecule has 130 valence electrons. The molecule has 0 radical (unpaired) electrons. The van der Waals surface area contributed by atoms with E-state index in [1.807, 2.05) is 33.5 Å². The minimum Gasteiger partial charge on any atom is -0.354 e. The number of hydrogen-bond donors (Lipinski definition) is 2. The maximum Gasteiger partial charge on any atom is 0.193 e. The number of nitrogens with one attached hydrogen (secondary N) is 2. The molecule has 0 saturated carbocycles. The largest absolute Gasteiger partial charge is 0.354 e. The fraction of sp³-hybridized carbons (Fsp3) is 0.375. The third kappa shape index (κ3) is 4.93. The van der Waals surface area contributed by atoms with Gasteiger partial charge in [0.1, 0.15) is 0 Å². The molecule has 0 amide bonds. The Bertz CT molecular complexity index is 776. The van der Waals surface area contributed by atoms with Gasteiger partial charge in [-0.15, -0.1) is 46.7 Å². The van der Waals surface area contributed by atoms with E-state index in [1.165, 1.54) is 9.75 Å². The third-order valence-corrected chi connectivity index (χ3v) is 5.28. The summed E-state index contributed by atoms with van der Waals surface area (Å²) in [5, 5.41) is 8.80. The van der Waals surface area contributed by atoms with Gasteiger partial charge in [-0.1, -0.05) is 0 Å². The van der Waals surface area contributed by atoms with Crippen LogP contribution in [0.15, 0.2) is 34.9 Å². The molecule has 3 aromatic heterocycles. The molecule has 0 bridgehead atoms. The summed E-state index contributed by atoms with van der Waals surface area (Å²) in [6.45, 7) is 4.98. The number of nitrogens with zero attached hydrogens (tertiary/aromatic N) is 3. The first-order chi connectivity index (χ1) is 11.1. The van der Waals surface area contributed by atoms with Gasteiger partial charge in [-0.2, -0.15) is 0 Å². The van der Waals surface area contributed by atoms with Gasteiger partial charge in [-0.3, -0.25) is 9.39 Å². The zero-order valence-electron chi connectivity index (χ0n) is 13.9. The zero-order valence-corrected chi connectivity index (χ0v) is 17.9. The molecule has 0 fully saturated rings. The van der Waals surface area contributed by atoms with Crippen LogP contribution in [0.25, 0.3) is 4.96 Å². The Morgan fingerprint density at radius 2 is 2.25 bits per heavy atom. The molecule has 0 aliphatic rings. The maximum absolute atomic E-state index is 4.57. The lowest BCUT2D eigenvalue weighted by molar-refractivity contribution is 0.644. The highest BCUT2D eigenvalue weighted by molar-refractivity contribution is 14.0. The smallest absolute Gasteiger partial charge is 0.193 e. The lowest BCUT2D eigenvalue weighted by atomic mass is 10.2. The Kier molecular flexibility index (Phi) is 7.05. The van der Waals surface area contributed by atoms with Crippen LogP contribution in [0.4, 0.5) is 0 Å². The van der Waals surface area contributed by atoms with Crippen molar-refractivity contribution in [2.75, 3.05) is 7.05 Å². The van der Waals surface area contributed by atoms with Crippen molar-refractivity contribution in [3.63, 3.8) is 0 Å². The van der Waals surface area contributed by atoms with Gasteiger partial charge in [0, 0.05) is 47.0 Å². The van der Waals surface area contributed by atoms with Gasteiger partial charge >= 0.3 is 0 Å². The molecule has 3 heterocycles. The molecule has 0 aromatic carbocycles. The molecule has 3 aromatic rings. The molecular formula is C16H22IN5S2. The number of guanidine groups is 1. The molecule has 0 spiro atoms. The van der Waals surface area contributed by atoms with E-state index in [0.717, 1.165) is 23.0 Å². The summed E-state index contributed by atoms with van der Waals surface area (Å²) in [5.74, 6) is 0.808. The summed E-state index contributed by atoms with van der Waals surface area (Å²) >= 11 is 3.49. The van der Waals surface area contributed by atoms with E-state index >= 15 is 0 Å². The first kappa shape index (κ1) is 19.2. The van der Waals surface area contributed by atoms with Crippen molar-refractivity contribution in [3.8, 4) is 0 Å². The van der Waals surface area contributed by atoms with Crippen molar-refractivity contribution in [2.24, 2.45) is 4.99 Å². The minimum absolute atomic E-state index is 0. The fourth-order valence-corrected chi connectivity index (χ4v) is 4.15. The van der Waals surface area contributed by atoms with Crippen LogP contribution in [0.3, 0.4) is 0 Å². The van der Waals surface area contributed by atoms with Crippen LogP contribution in [0.2, 0.25) is 0 Å². The summed E-state index contributed by atoms with van der Waals surface area (Å²) in [5.41, 5.74) is 1.02. The van der Waals surface area contributed by atoms with Crippen molar-refractivity contribution < 1.29 is 0 Å². The topological polar surface area (TPSA) is 53.7 Å². The minimum atomic E-state index is 0. The van der Waals surface area contributed by atoms with E-state index < -0.39 is 0 Å². The number of aliphatic imine (C=N–C) groups is 1. The Morgan fingerprint density at radius 3 is 2.92 bits per heavy atom. The highest BCUT2D eigenvalue weighted by Gasteiger charge is 2.09. The second-order valence-electron chi connectivity index (χ2n) is 5.51. The Morgan fingerprint density at radius 1 is 1.42 bits per heavy atom. The quantitative estimate of drug-likeness (QED) is 0.336. The molecule has 5 nitrogen and oxygen atoms in total. The lowest BCUT2D eigenvalue weighted by Crippen LogP contribution is -2.42. The number of thiazole rings is 1. The van der Waals surface area contributed by atoms with E-state index in [1.54, 1.807) is 18.4 Å². The molecule has 2 N–H and O–H groups in total. The molecule has 0 aliphatic heterocycles. The molecule has 1 unspecified atom stereocenters. The molecule has 24 heavy (non-hydrogen) atoms. The molecular weight excluding hydrogens is 453 g/mol. The van der Waals surface area contributed by atoms with Crippen LogP contribution < -0.4 is 10.6 Å². The maximum atomic E-state index is 4.57. The van der Waals surface area contributed by atoms with Gasteiger partial charge in [0.25, 0.3) is 0 Å². The number of hydrogen-bond acceptors (Lipinski definition) is 4. The highest BCUT2D eigenvalue weighted by atomic mass is 127. The monoisotopic (exact) mass is 475 g/mol. The summed E-state index contributed by atoms with van der Waals surface area (Å²) < 4.78 is 2.04. The number of halogens is 1. The molecule has 8 heteroatoms. The Balaban J connectivity index is 0.00000208. The summed E-state index contributed by atoms with van der Waals surface area (Å²) in [4.78, 5) is 12.6. The van der Waals surface area contributed by atoms with Gasteiger partial charge in [0.05, 0.1) is 12.2 Å². The van der Waals surface area contributed by atoms with Crippen molar-refractivity contribution in [1.82, 2.24) is 20.0 Å². The zero-order chi connectivity index (χ0) is 16.2. The van der Waals surface area contributed by atoms with Crippen LogP contribution in [-0.4, -0.2) is 28.4 Å². The third-order valence-electron chi connectivity index (χ3n) is 3.49. The average molecular weight is 475 g/mol. The highest BCUT2D eigenvalue weighted by Crippen LogP contribution is 2.16. The Hall–Kier alpha value is -1.13. The number of thiophene rings is 1. The molecule has 1 atom stereocenters. The number of aromatic nitrogens is 2. The predicted octanol–water partition coefficient (Wildman–Crippen LogP) is 3.68. The summed E-state index contributed by atoms with van der Waals surface area (Å²) in [6.07, 6.45) is 5.07.